The molecule has 0 radical (unpaired) electrons. The molecule has 1 amide bonds. The minimum atomic E-state index is -2.58. The van der Waals surface area contributed by atoms with Gasteiger partial charge in [-0.2, -0.15) is 13.9 Å². The molecule has 2 aromatic heterocycles. The number of nitrogens with zero attached hydrogens (tertiary/aromatic N) is 3. The number of amides is 1. The fourth-order valence-electron chi connectivity index (χ4n) is 3.70. The van der Waals surface area contributed by atoms with Gasteiger partial charge >= 0.3 is 6.55 Å². The van der Waals surface area contributed by atoms with E-state index in [-0.39, 0.29) is 5.41 Å². The number of aromatic nitrogens is 3. The number of halogens is 2. The van der Waals surface area contributed by atoms with Gasteiger partial charge in [0.15, 0.2) is 0 Å². The van der Waals surface area contributed by atoms with Crippen LogP contribution in [0.2, 0.25) is 0 Å². The number of fused-ring (bicyclic) bond motifs is 2. The minimum absolute atomic E-state index is 0.159. The van der Waals surface area contributed by atoms with Gasteiger partial charge in [-0.25, -0.2) is 4.68 Å². The van der Waals surface area contributed by atoms with Gasteiger partial charge in [0.25, 0.3) is 0 Å². The average Bonchev–Trinajstić information content (AvgIpc) is 3.43. The summed E-state index contributed by atoms with van der Waals surface area (Å²) in [5.41, 5.74) is 10.7. The van der Waals surface area contributed by atoms with Crippen LogP contribution >= 0.6 is 11.9 Å². The minimum Gasteiger partial charge on any atom is -0.333 e. The first kappa shape index (κ1) is 23.2. The highest BCUT2D eigenvalue weighted by Crippen LogP contribution is 2.43. The van der Waals surface area contributed by atoms with Gasteiger partial charge in [0.05, 0.1) is 22.5 Å². The predicted molar refractivity (Wildman–Crippen MR) is 111 cm³/mol. The molecule has 5 N–H and O–H groups in total. The molecular formula is C19H28F2N6OS. The SMILES string of the molecule is CC1(C)CCc2c1nc1c(c2NC=O)CCC1.CN.NSc1cnn(C(F)F)c1. The molecule has 10 heteroatoms. The first-order valence-electron chi connectivity index (χ1n) is 9.39. The molecule has 0 aromatic carbocycles. The van der Waals surface area contributed by atoms with E-state index in [2.05, 4.69) is 30.0 Å². The zero-order chi connectivity index (χ0) is 21.6. The van der Waals surface area contributed by atoms with Crippen LogP contribution in [0.25, 0.3) is 0 Å². The van der Waals surface area contributed by atoms with Crippen molar-refractivity contribution < 1.29 is 13.6 Å². The molecule has 0 spiro atoms. The third-order valence-corrected chi connectivity index (χ3v) is 5.57. The van der Waals surface area contributed by atoms with E-state index in [1.807, 2.05) is 0 Å². The number of hydrogen-bond acceptors (Lipinski definition) is 6. The standard InChI is InChI=1S/C14H18N2O.C4H5F2N3S.CH5N/c1-14(2)7-6-10-12(15-8-17)9-4-3-5-11(9)16-13(10)14;5-4(6)9-2-3(10-7)1-8-9;1-2/h8H,3-7H2,1-2H3,(H,15,16,17);1-2,4H,7H2;2H2,1H3. The van der Waals surface area contributed by atoms with Crippen molar-refractivity contribution in [3.8, 4) is 0 Å². The molecule has 0 saturated heterocycles. The molecular weight excluding hydrogens is 398 g/mol. The number of anilines is 1. The summed E-state index contributed by atoms with van der Waals surface area (Å²) in [5, 5.41) is 11.4. The van der Waals surface area contributed by atoms with Crippen molar-refractivity contribution in [2.24, 2.45) is 10.9 Å². The Labute approximate surface area is 173 Å². The molecule has 0 aliphatic heterocycles. The van der Waals surface area contributed by atoms with Gasteiger partial charge in [-0.15, -0.1) is 0 Å². The number of nitrogens with one attached hydrogen (secondary N) is 1. The van der Waals surface area contributed by atoms with Gasteiger partial charge in [0.1, 0.15) is 0 Å². The number of pyridine rings is 1. The first-order chi connectivity index (χ1) is 13.9. The van der Waals surface area contributed by atoms with Crippen LogP contribution < -0.4 is 16.2 Å². The highest BCUT2D eigenvalue weighted by atomic mass is 32.2. The van der Waals surface area contributed by atoms with E-state index in [0.29, 0.717) is 9.58 Å². The number of hydrogen-bond donors (Lipinski definition) is 3. The fraction of sp³-hybridized carbons (Fsp3) is 0.526. The maximum absolute atomic E-state index is 11.8. The number of nitrogens with two attached hydrogens (primary N) is 2. The smallest absolute Gasteiger partial charge is 0.333 e. The van der Waals surface area contributed by atoms with E-state index in [1.165, 1.54) is 48.4 Å². The Hall–Kier alpha value is -2.04. The van der Waals surface area contributed by atoms with Crippen molar-refractivity contribution >= 4 is 24.0 Å². The quantitative estimate of drug-likeness (QED) is 0.511. The molecule has 160 valence electrons. The second-order valence-electron chi connectivity index (χ2n) is 7.29. The van der Waals surface area contributed by atoms with Crippen LogP contribution in [0.15, 0.2) is 17.3 Å². The summed E-state index contributed by atoms with van der Waals surface area (Å²) >= 11 is 0.890. The summed E-state index contributed by atoms with van der Waals surface area (Å²) in [6.45, 7) is 1.91. The van der Waals surface area contributed by atoms with E-state index >= 15 is 0 Å². The Morgan fingerprint density at radius 3 is 2.55 bits per heavy atom. The predicted octanol–water partition coefficient (Wildman–Crippen LogP) is 3.18. The van der Waals surface area contributed by atoms with Crippen LogP contribution in [0.3, 0.4) is 0 Å². The zero-order valence-electron chi connectivity index (χ0n) is 16.9. The van der Waals surface area contributed by atoms with Crippen LogP contribution in [0.5, 0.6) is 0 Å². The molecule has 2 aliphatic carbocycles. The highest BCUT2D eigenvalue weighted by molar-refractivity contribution is 7.97. The number of rotatable bonds is 4. The lowest BCUT2D eigenvalue weighted by atomic mass is 9.90. The van der Waals surface area contributed by atoms with Gasteiger partial charge < -0.3 is 11.1 Å². The largest absolute Gasteiger partial charge is 0.333 e. The van der Waals surface area contributed by atoms with Crippen LogP contribution in [0, 0.1) is 0 Å². The fourth-order valence-corrected chi connectivity index (χ4v) is 3.98. The molecule has 0 unspecified atom stereocenters. The Balaban J connectivity index is 0.000000215. The number of alkyl halides is 2. The summed E-state index contributed by atoms with van der Waals surface area (Å²) in [4.78, 5) is 16.2. The lowest BCUT2D eigenvalue weighted by Gasteiger charge is -2.20. The second-order valence-corrected chi connectivity index (χ2v) is 8.00. The maximum Gasteiger partial charge on any atom is 0.333 e. The number of aryl methyl sites for hydroxylation is 1. The highest BCUT2D eigenvalue weighted by Gasteiger charge is 2.35. The molecule has 4 rings (SSSR count). The normalized spacial score (nSPS) is 15.6. The molecule has 0 bridgehead atoms. The molecule has 0 atom stereocenters. The third kappa shape index (κ3) is 5.12. The van der Waals surface area contributed by atoms with Crippen LogP contribution in [-0.4, -0.2) is 28.2 Å². The first-order valence-corrected chi connectivity index (χ1v) is 10.3. The molecule has 7 nitrogen and oxygen atoms in total. The van der Waals surface area contributed by atoms with Crippen molar-refractivity contribution in [2.75, 3.05) is 12.4 Å². The Morgan fingerprint density at radius 2 is 2.00 bits per heavy atom. The Morgan fingerprint density at radius 1 is 1.28 bits per heavy atom. The topological polar surface area (TPSA) is 112 Å². The van der Waals surface area contributed by atoms with Crippen molar-refractivity contribution in [3.63, 3.8) is 0 Å². The lowest BCUT2D eigenvalue weighted by Crippen LogP contribution is -2.16. The van der Waals surface area contributed by atoms with E-state index in [9.17, 15) is 13.6 Å². The van der Waals surface area contributed by atoms with E-state index in [0.717, 1.165) is 49.7 Å². The monoisotopic (exact) mass is 426 g/mol. The third-order valence-electron chi connectivity index (χ3n) is 5.08. The van der Waals surface area contributed by atoms with Crippen molar-refractivity contribution in [1.29, 1.82) is 0 Å². The molecule has 2 heterocycles. The summed E-state index contributed by atoms with van der Waals surface area (Å²) in [5.74, 6) is 0. The van der Waals surface area contributed by atoms with Gasteiger partial charge in [-0.1, -0.05) is 13.8 Å². The van der Waals surface area contributed by atoms with E-state index in [1.54, 1.807) is 0 Å². The van der Waals surface area contributed by atoms with Crippen molar-refractivity contribution in [1.82, 2.24) is 14.8 Å². The summed E-state index contributed by atoms with van der Waals surface area (Å²) in [6.07, 6.45) is 8.74. The molecule has 0 saturated carbocycles. The maximum atomic E-state index is 11.8. The van der Waals surface area contributed by atoms with Crippen molar-refractivity contribution in [3.05, 3.63) is 34.9 Å². The molecule has 29 heavy (non-hydrogen) atoms. The Kier molecular flexibility index (Phi) is 8.12. The van der Waals surface area contributed by atoms with Crippen molar-refractivity contribution in [2.45, 2.75) is 62.8 Å². The molecule has 2 aliphatic rings. The van der Waals surface area contributed by atoms with E-state index < -0.39 is 6.55 Å². The second kappa shape index (κ2) is 10.1. The van der Waals surface area contributed by atoms with Gasteiger partial charge in [-0.3, -0.25) is 14.9 Å². The van der Waals surface area contributed by atoms with Gasteiger partial charge in [-0.05, 0) is 62.2 Å². The average molecular weight is 427 g/mol. The van der Waals surface area contributed by atoms with Crippen LogP contribution in [0.4, 0.5) is 14.5 Å². The van der Waals surface area contributed by atoms with E-state index in [4.69, 9.17) is 10.1 Å². The summed E-state index contributed by atoms with van der Waals surface area (Å²) in [6, 6.07) is 0. The number of carbonyl (C=O) groups is 1. The summed E-state index contributed by atoms with van der Waals surface area (Å²) < 4.78 is 24.1. The zero-order valence-corrected chi connectivity index (χ0v) is 17.7. The van der Waals surface area contributed by atoms with Crippen LogP contribution in [0.1, 0.15) is 55.8 Å². The van der Waals surface area contributed by atoms with Crippen LogP contribution in [-0.2, 0) is 29.5 Å². The molecule has 0 fully saturated rings. The van der Waals surface area contributed by atoms with Gasteiger partial charge in [0.2, 0.25) is 6.41 Å². The summed E-state index contributed by atoms with van der Waals surface area (Å²) in [7, 11) is 1.50. The molecule has 2 aromatic rings. The Bertz CT molecular complexity index is 840. The number of carbonyl (C=O) groups excluding carboxylic acids is 1. The van der Waals surface area contributed by atoms with Gasteiger partial charge in [0, 0.05) is 17.3 Å². The lowest BCUT2D eigenvalue weighted by molar-refractivity contribution is -0.105.